The topological polar surface area (TPSA) is 113 Å². The summed E-state index contributed by atoms with van der Waals surface area (Å²) in [5, 5.41) is 2.90. The van der Waals surface area contributed by atoms with Crippen LogP contribution >= 0.6 is 0 Å². The van der Waals surface area contributed by atoms with Crippen molar-refractivity contribution in [1.29, 1.82) is 0 Å². The molecular formula is C28H34N4O4. The smallest absolute Gasteiger partial charge is 0.254 e. The van der Waals surface area contributed by atoms with E-state index in [-0.39, 0.29) is 42.0 Å². The highest BCUT2D eigenvalue weighted by Crippen LogP contribution is 2.31. The third-order valence-electron chi connectivity index (χ3n) is 6.95. The molecular weight excluding hydrogens is 456 g/mol. The van der Waals surface area contributed by atoms with Crippen molar-refractivity contribution in [3.8, 4) is 0 Å². The predicted molar refractivity (Wildman–Crippen MR) is 136 cm³/mol. The summed E-state index contributed by atoms with van der Waals surface area (Å²) in [7, 11) is 0. The molecule has 2 aromatic rings. The number of hydrogen-bond acceptors (Lipinski definition) is 5. The van der Waals surface area contributed by atoms with Gasteiger partial charge in [0, 0.05) is 17.7 Å². The highest BCUT2D eigenvalue weighted by Gasteiger charge is 2.52. The van der Waals surface area contributed by atoms with Crippen molar-refractivity contribution < 1.29 is 19.2 Å². The molecule has 3 N–H and O–H groups in total. The van der Waals surface area contributed by atoms with E-state index >= 15 is 0 Å². The number of fused-ring (bicyclic) bond motifs is 1. The zero-order valence-electron chi connectivity index (χ0n) is 20.9. The molecule has 0 radical (unpaired) electrons. The third-order valence-corrected chi connectivity index (χ3v) is 6.95. The van der Waals surface area contributed by atoms with Gasteiger partial charge in [0.05, 0.1) is 12.6 Å². The van der Waals surface area contributed by atoms with Crippen LogP contribution in [0.1, 0.15) is 53.0 Å². The van der Waals surface area contributed by atoms with Crippen molar-refractivity contribution in [2.24, 2.45) is 11.7 Å². The maximum absolute atomic E-state index is 13.7. The number of carbonyl (C=O) groups is 4. The summed E-state index contributed by atoms with van der Waals surface area (Å²) in [5.41, 5.74) is 7.63. The Morgan fingerprint density at radius 3 is 2.33 bits per heavy atom. The van der Waals surface area contributed by atoms with E-state index in [1.807, 2.05) is 32.0 Å². The molecule has 0 spiro atoms. The van der Waals surface area contributed by atoms with E-state index in [1.54, 1.807) is 46.2 Å². The standard InChI is InChI=1S/C28H34N4O4/c1-18(2)16-22(30-26(34)20-10-8-19(9-11-20)12-14-29)28(36)31-15-13-23-25(31)24(33)17-32(23)27(35)21-6-4-3-5-7-21/h3-11,18,22-23,25H,12-17,29H2,1-2H3,(H,30,34)/t22-,23+,25-/m0/s1. The van der Waals surface area contributed by atoms with Crippen molar-refractivity contribution in [1.82, 2.24) is 15.1 Å². The van der Waals surface area contributed by atoms with Gasteiger partial charge in [-0.2, -0.15) is 0 Å². The second-order valence-corrected chi connectivity index (χ2v) is 9.99. The van der Waals surface area contributed by atoms with E-state index in [0.717, 1.165) is 12.0 Å². The predicted octanol–water partition coefficient (Wildman–Crippen LogP) is 2.03. The van der Waals surface area contributed by atoms with Crippen molar-refractivity contribution in [3.05, 3.63) is 71.3 Å². The molecule has 0 aromatic heterocycles. The summed E-state index contributed by atoms with van der Waals surface area (Å²) in [6.07, 6.45) is 1.71. The molecule has 3 atom stereocenters. The van der Waals surface area contributed by atoms with Gasteiger partial charge in [-0.05, 0) is 61.6 Å². The Labute approximate surface area is 211 Å². The number of ketones is 1. The minimum atomic E-state index is -0.758. The summed E-state index contributed by atoms with van der Waals surface area (Å²) in [4.78, 5) is 55.9. The highest BCUT2D eigenvalue weighted by molar-refractivity contribution is 6.03. The summed E-state index contributed by atoms with van der Waals surface area (Å²) in [6.45, 7) is 4.87. The van der Waals surface area contributed by atoms with Crippen LogP contribution in [-0.2, 0) is 16.0 Å². The molecule has 3 amide bonds. The number of benzene rings is 2. The molecule has 2 aliphatic rings. The minimum Gasteiger partial charge on any atom is -0.340 e. The fourth-order valence-corrected chi connectivity index (χ4v) is 5.21. The molecule has 2 aliphatic heterocycles. The van der Waals surface area contributed by atoms with Crippen molar-refractivity contribution in [2.75, 3.05) is 19.6 Å². The number of nitrogens with two attached hydrogens (primary N) is 1. The molecule has 8 nitrogen and oxygen atoms in total. The monoisotopic (exact) mass is 490 g/mol. The lowest BCUT2D eigenvalue weighted by atomic mass is 10.0. The number of Topliss-reactive ketones (excluding diaryl/α,β-unsaturated/α-hetero) is 1. The summed E-state index contributed by atoms with van der Waals surface area (Å²) in [5.74, 6) is -0.787. The van der Waals surface area contributed by atoms with Crippen LogP contribution in [0.25, 0.3) is 0 Å². The quantitative estimate of drug-likeness (QED) is 0.588. The number of likely N-dealkylation sites (tertiary alicyclic amines) is 2. The van der Waals surface area contributed by atoms with Crippen LogP contribution in [-0.4, -0.2) is 71.1 Å². The average molecular weight is 491 g/mol. The van der Waals surface area contributed by atoms with E-state index in [1.165, 1.54) is 0 Å². The molecule has 2 saturated heterocycles. The maximum Gasteiger partial charge on any atom is 0.254 e. The number of amides is 3. The molecule has 190 valence electrons. The van der Waals surface area contributed by atoms with Gasteiger partial charge in [-0.15, -0.1) is 0 Å². The van der Waals surface area contributed by atoms with E-state index < -0.39 is 12.1 Å². The molecule has 0 unspecified atom stereocenters. The number of nitrogens with one attached hydrogen (secondary N) is 1. The largest absolute Gasteiger partial charge is 0.340 e. The molecule has 2 fully saturated rings. The lowest BCUT2D eigenvalue weighted by molar-refractivity contribution is -0.138. The van der Waals surface area contributed by atoms with Crippen molar-refractivity contribution in [2.45, 2.75) is 51.2 Å². The van der Waals surface area contributed by atoms with Crippen LogP contribution in [0.5, 0.6) is 0 Å². The second kappa shape index (κ2) is 11.0. The number of hydrogen-bond donors (Lipinski definition) is 2. The van der Waals surface area contributed by atoms with E-state index in [4.69, 9.17) is 5.73 Å². The molecule has 2 heterocycles. The summed E-state index contributed by atoms with van der Waals surface area (Å²) < 4.78 is 0. The first-order valence-corrected chi connectivity index (χ1v) is 12.6. The van der Waals surface area contributed by atoms with Gasteiger partial charge in [0.15, 0.2) is 5.78 Å². The van der Waals surface area contributed by atoms with Crippen LogP contribution in [0.3, 0.4) is 0 Å². The molecule has 2 aromatic carbocycles. The normalized spacial score (nSPS) is 19.9. The first-order chi connectivity index (χ1) is 17.3. The molecule has 4 rings (SSSR count). The van der Waals surface area contributed by atoms with E-state index in [0.29, 0.717) is 37.1 Å². The lowest BCUT2D eigenvalue weighted by Crippen LogP contribution is -2.53. The van der Waals surface area contributed by atoms with Gasteiger partial charge < -0.3 is 20.9 Å². The van der Waals surface area contributed by atoms with Crippen LogP contribution < -0.4 is 11.1 Å². The molecule has 0 saturated carbocycles. The SMILES string of the molecule is CC(C)C[C@H](NC(=O)c1ccc(CCN)cc1)C(=O)N1CC[C@@H]2[C@H]1C(=O)CN2C(=O)c1ccccc1. The van der Waals surface area contributed by atoms with Gasteiger partial charge in [0.2, 0.25) is 5.91 Å². The average Bonchev–Trinajstić information content (AvgIpc) is 3.45. The van der Waals surface area contributed by atoms with Crippen molar-refractivity contribution in [3.63, 3.8) is 0 Å². The minimum absolute atomic E-state index is 0.0107. The van der Waals surface area contributed by atoms with Crippen molar-refractivity contribution >= 4 is 23.5 Å². The van der Waals surface area contributed by atoms with Crippen LogP contribution in [0.4, 0.5) is 0 Å². The van der Waals surface area contributed by atoms with Gasteiger partial charge in [-0.3, -0.25) is 19.2 Å². The van der Waals surface area contributed by atoms with Crippen LogP contribution in [0.15, 0.2) is 54.6 Å². The first-order valence-electron chi connectivity index (χ1n) is 12.6. The number of nitrogens with zero attached hydrogens (tertiary/aromatic N) is 2. The van der Waals surface area contributed by atoms with Gasteiger partial charge in [-0.25, -0.2) is 0 Å². The van der Waals surface area contributed by atoms with Gasteiger partial charge in [-0.1, -0.05) is 44.2 Å². The Hall–Kier alpha value is -3.52. The lowest BCUT2D eigenvalue weighted by Gasteiger charge is -2.29. The zero-order chi connectivity index (χ0) is 25.8. The Morgan fingerprint density at radius 1 is 1.00 bits per heavy atom. The molecule has 0 aliphatic carbocycles. The van der Waals surface area contributed by atoms with Crippen LogP contribution in [0, 0.1) is 5.92 Å². The highest BCUT2D eigenvalue weighted by atomic mass is 16.2. The maximum atomic E-state index is 13.7. The number of carbonyl (C=O) groups excluding carboxylic acids is 4. The Morgan fingerprint density at radius 2 is 1.69 bits per heavy atom. The number of rotatable bonds is 8. The van der Waals surface area contributed by atoms with Gasteiger partial charge >= 0.3 is 0 Å². The second-order valence-electron chi connectivity index (χ2n) is 9.99. The van der Waals surface area contributed by atoms with Crippen LogP contribution in [0.2, 0.25) is 0 Å². The Bertz CT molecular complexity index is 1120. The fourth-order valence-electron chi connectivity index (χ4n) is 5.21. The van der Waals surface area contributed by atoms with Gasteiger partial charge in [0.1, 0.15) is 12.1 Å². The summed E-state index contributed by atoms with van der Waals surface area (Å²) >= 11 is 0. The fraction of sp³-hybridized carbons (Fsp3) is 0.429. The Balaban J connectivity index is 1.49. The Kier molecular flexibility index (Phi) is 7.84. The molecule has 8 heteroatoms. The molecule has 36 heavy (non-hydrogen) atoms. The molecule has 0 bridgehead atoms. The van der Waals surface area contributed by atoms with E-state index in [9.17, 15) is 19.2 Å². The summed E-state index contributed by atoms with van der Waals surface area (Å²) in [6, 6.07) is 14.3. The third kappa shape index (κ3) is 5.33. The van der Waals surface area contributed by atoms with Gasteiger partial charge in [0.25, 0.3) is 11.8 Å². The zero-order valence-corrected chi connectivity index (χ0v) is 20.9. The first kappa shape index (κ1) is 25.6. The van der Waals surface area contributed by atoms with E-state index in [2.05, 4.69) is 5.32 Å².